The molecule has 0 fully saturated rings. The number of hydrogen-bond acceptors (Lipinski definition) is 5. The molecule has 0 aliphatic heterocycles. The van der Waals surface area contributed by atoms with E-state index in [0.717, 1.165) is 12.4 Å². The summed E-state index contributed by atoms with van der Waals surface area (Å²) in [7, 11) is 0. The van der Waals surface area contributed by atoms with Crippen molar-refractivity contribution in [2.45, 2.75) is 65.8 Å². The normalized spacial score (nSPS) is 12.8. The zero-order valence-corrected chi connectivity index (χ0v) is 15.6. The van der Waals surface area contributed by atoms with Crippen LogP contribution in [0.25, 0.3) is 5.82 Å². The highest BCUT2D eigenvalue weighted by atomic mass is 16.5. The Balaban J connectivity index is 1.94. The predicted octanol–water partition coefficient (Wildman–Crippen LogP) is 1.38. The smallest absolute Gasteiger partial charge is 0.289 e. The number of ether oxygens (including phenoxy) is 2. The second-order valence-electron chi connectivity index (χ2n) is 7.66. The van der Waals surface area contributed by atoms with Gasteiger partial charge in [-0.1, -0.05) is 0 Å². The minimum Gasteiger partial charge on any atom is -0.374 e. The molecule has 134 valence electrons. The van der Waals surface area contributed by atoms with E-state index in [1.54, 1.807) is 17.5 Å². The van der Waals surface area contributed by atoms with E-state index >= 15 is 0 Å². The monoisotopic (exact) mass is 337 g/mol. The highest BCUT2D eigenvalue weighted by Crippen LogP contribution is 2.07. The van der Waals surface area contributed by atoms with Gasteiger partial charge >= 0.3 is 0 Å². The third kappa shape index (κ3) is 6.01. The fourth-order valence-electron chi connectivity index (χ4n) is 2.04. The molecule has 0 bridgehead atoms. The van der Waals surface area contributed by atoms with Crippen LogP contribution < -0.4 is 4.68 Å². The summed E-state index contributed by atoms with van der Waals surface area (Å²) in [6.07, 6.45) is 5.38. The van der Waals surface area contributed by atoms with Gasteiger partial charge in [0.1, 0.15) is 11.6 Å². The van der Waals surface area contributed by atoms with Crippen LogP contribution in [0.5, 0.6) is 0 Å². The number of rotatable bonds is 7. The lowest BCUT2D eigenvalue weighted by Crippen LogP contribution is -2.45. The maximum Gasteiger partial charge on any atom is 0.289 e. The van der Waals surface area contributed by atoms with Gasteiger partial charge in [-0.05, 0) is 46.3 Å². The van der Waals surface area contributed by atoms with Gasteiger partial charge in [-0.2, -0.15) is 4.68 Å². The van der Waals surface area contributed by atoms with Crippen molar-refractivity contribution < 1.29 is 14.2 Å². The first kappa shape index (κ1) is 18.5. The fraction of sp³-hybridized carbons (Fsp3) is 0.750. The zero-order valence-electron chi connectivity index (χ0n) is 15.6. The van der Waals surface area contributed by atoms with Crippen molar-refractivity contribution in [1.82, 2.24) is 24.7 Å². The molecule has 0 N–H and O–H groups in total. The zero-order chi connectivity index (χ0) is 17.8. The second-order valence-corrected chi connectivity index (χ2v) is 7.66. The molecule has 0 amide bonds. The first-order valence-corrected chi connectivity index (χ1v) is 8.24. The molecule has 0 aromatic carbocycles. The van der Waals surface area contributed by atoms with Crippen molar-refractivity contribution in [1.29, 1.82) is 0 Å². The maximum atomic E-state index is 5.75. The number of nitrogens with zero attached hydrogens (tertiary/aromatic N) is 6. The molecule has 0 spiro atoms. The van der Waals surface area contributed by atoms with Gasteiger partial charge in [0, 0.05) is 6.54 Å². The lowest BCUT2D eigenvalue weighted by Gasteiger charge is -2.19. The van der Waals surface area contributed by atoms with Gasteiger partial charge in [0.05, 0.1) is 36.9 Å². The molecule has 0 unspecified atom stereocenters. The molecule has 0 radical (unpaired) electrons. The van der Waals surface area contributed by atoms with Gasteiger partial charge in [0.25, 0.3) is 6.33 Å². The van der Waals surface area contributed by atoms with E-state index in [9.17, 15) is 0 Å². The minimum atomic E-state index is -0.159. The van der Waals surface area contributed by atoms with Crippen LogP contribution >= 0.6 is 0 Å². The van der Waals surface area contributed by atoms with Crippen molar-refractivity contribution >= 4 is 0 Å². The Kier molecular flexibility index (Phi) is 5.71. The first-order valence-electron chi connectivity index (χ1n) is 8.24. The minimum absolute atomic E-state index is 0.134. The maximum absolute atomic E-state index is 5.75. The lowest BCUT2D eigenvalue weighted by molar-refractivity contribution is -0.773. The summed E-state index contributed by atoms with van der Waals surface area (Å²) < 4.78 is 15.4. The second kappa shape index (κ2) is 7.40. The SMILES string of the molecule is CC(C)(C)OCCn1cnc(-n2nnc[n+]2CCOC(C)(C)C)c1. The molecule has 2 aromatic heterocycles. The third-order valence-corrected chi connectivity index (χ3v) is 3.13. The Morgan fingerprint density at radius 3 is 2.38 bits per heavy atom. The predicted molar refractivity (Wildman–Crippen MR) is 88.7 cm³/mol. The van der Waals surface area contributed by atoms with Crippen molar-refractivity contribution in [2.75, 3.05) is 13.2 Å². The van der Waals surface area contributed by atoms with E-state index in [0.29, 0.717) is 19.8 Å². The average Bonchev–Trinajstić information content (AvgIpc) is 3.04. The highest BCUT2D eigenvalue weighted by Gasteiger charge is 2.17. The van der Waals surface area contributed by atoms with E-state index in [2.05, 4.69) is 15.3 Å². The summed E-state index contributed by atoms with van der Waals surface area (Å²) in [5, 5.41) is 8.07. The average molecular weight is 337 g/mol. The van der Waals surface area contributed by atoms with Crippen LogP contribution in [0.2, 0.25) is 0 Å². The van der Waals surface area contributed by atoms with Crippen molar-refractivity contribution in [2.24, 2.45) is 0 Å². The van der Waals surface area contributed by atoms with Crippen molar-refractivity contribution in [3.8, 4) is 5.82 Å². The lowest BCUT2D eigenvalue weighted by atomic mass is 10.2. The largest absolute Gasteiger partial charge is 0.374 e. The van der Waals surface area contributed by atoms with E-state index < -0.39 is 0 Å². The van der Waals surface area contributed by atoms with Gasteiger partial charge < -0.3 is 14.0 Å². The molecule has 2 aromatic rings. The van der Waals surface area contributed by atoms with E-state index in [1.165, 1.54) is 0 Å². The third-order valence-electron chi connectivity index (χ3n) is 3.13. The van der Waals surface area contributed by atoms with Crippen LogP contribution in [0.3, 0.4) is 0 Å². The van der Waals surface area contributed by atoms with Gasteiger partial charge in [-0.15, -0.1) is 0 Å². The number of imidazole rings is 1. The van der Waals surface area contributed by atoms with Crippen LogP contribution in [-0.4, -0.2) is 49.1 Å². The molecule has 8 nitrogen and oxygen atoms in total. The molecule has 0 saturated carbocycles. The standard InChI is InChI=1S/C16H29N6O2/c1-15(2,3)23-9-7-20-11-14(17-12-20)22-19-18-13-21(22)8-10-24-16(4,5)6/h11-13H,7-10H2,1-6H3/q+1. The van der Waals surface area contributed by atoms with Crippen LogP contribution in [0.4, 0.5) is 0 Å². The van der Waals surface area contributed by atoms with Gasteiger partial charge in [-0.3, -0.25) is 0 Å². The summed E-state index contributed by atoms with van der Waals surface area (Å²) in [4.78, 5) is 6.07. The molecular formula is C16H29N6O2+. The fourth-order valence-corrected chi connectivity index (χ4v) is 2.04. The quantitative estimate of drug-likeness (QED) is 0.714. The Morgan fingerprint density at radius 2 is 1.71 bits per heavy atom. The molecule has 2 heterocycles. The van der Waals surface area contributed by atoms with Crippen molar-refractivity contribution in [3.05, 3.63) is 18.9 Å². The van der Waals surface area contributed by atoms with Gasteiger partial charge in [-0.25, -0.2) is 4.98 Å². The summed E-state index contributed by atoms with van der Waals surface area (Å²) in [5.74, 6) is 0.721. The number of tetrazole rings is 1. The number of hydrogen-bond donors (Lipinski definition) is 0. The molecular weight excluding hydrogens is 308 g/mol. The van der Waals surface area contributed by atoms with Crippen LogP contribution in [0.1, 0.15) is 41.5 Å². The summed E-state index contributed by atoms with van der Waals surface area (Å²) >= 11 is 0. The van der Waals surface area contributed by atoms with Crippen LogP contribution in [0, 0.1) is 0 Å². The highest BCUT2D eigenvalue weighted by molar-refractivity contribution is 5.11. The topological polar surface area (TPSA) is 70.9 Å². The number of aromatic nitrogens is 6. The van der Waals surface area contributed by atoms with E-state index in [1.807, 2.05) is 57.0 Å². The molecule has 0 atom stereocenters. The first-order chi connectivity index (χ1) is 11.1. The Morgan fingerprint density at radius 1 is 1.04 bits per heavy atom. The molecule has 0 aliphatic rings. The Labute approximate surface area is 143 Å². The summed E-state index contributed by atoms with van der Waals surface area (Å²) in [6.45, 7) is 14.9. The Hall–Kier alpha value is -1.80. The van der Waals surface area contributed by atoms with Crippen molar-refractivity contribution in [3.63, 3.8) is 0 Å². The molecule has 24 heavy (non-hydrogen) atoms. The summed E-state index contributed by atoms with van der Waals surface area (Å²) in [5.41, 5.74) is -0.293. The van der Waals surface area contributed by atoms with Crippen LogP contribution in [0.15, 0.2) is 18.9 Å². The molecule has 2 rings (SSSR count). The molecule has 0 aliphatic carbocycles. The van der Waals surface area contributed by atoms with E-state index in [4.69, 9.17) is 9.47 Å². The molecule has 8 heteroatoms. The molecule has 0 saturated heterocycles. The van der Waals surface area contributed by atoms with E-state index in [-0.39, 0.29) is 11.2 Å². The van der Waals surface area contributed by atoms with Crippen LogP contribution in [-0.2, 0) is 22.6 Å². The summed E-state index contributed by atoms with van der Waals surface area (Å²) in [6, 6.07) is 0. The van der Waals surface area contributed by atoms with Gasteiger partial charge in [0.15, 0.2) is 5.21 Å². The Bertz CT molecular complexity index is 636. The van der Waals surface area contributed by atoms with Gasteiger partial charge in [0.2, 0.25) is 5.82 Å².